The summed E-state index contributed by atoms with van der Waals surface area (Å²) in [6, 6.07) is -0.648. The van der Waals surface area contributed by atoms with Gasteiger partial charge in [-0.25, -0.2) is 0 Å². The topological polar surface area (TPSA) is 61.5 Å². The molecule has 0 saturated heterocycles. The normalized spacial score (nSPS) is 12.7. The molecule has 0 bridgehead atoms. The number of hydrogen-bond donors (Lipinski definition) is 1. The fourth-order valence-corrected chi connectivity index (χ4v) is 0.464. The standard InChI is InChI=1S/C6H13NO3/c1-3-10-4-5(7)6(8)9-2/h5H,3-4,7H2,1-2H3. The summed E-state index contributed by atoms with van der Waals surface area (Å²) in [5.41, 5.74) is 5.31. The van der Waals surface area contributed by atoms with Crippen molar-refractivity contribution in [3.8, 4) is 0 Å². The third-order valence-corrected chi connectivity index (χ3v) is 1.01. The van der Waals surface area contributed by atoms with Crippen molar-refractivity contribution in [2.45, 2.75) is 13.0 Å². The average Bonchev–Trinajstić information content (AvgIpc) is 1.98. The molecule has 0 radical (unpaired) electrons. The fourth-order valence-electron chi connectivity index (χ4n) is 0.464. The second-order valence-corrected chi connectivity index (χ2v) is 1.79. The molecule has 0 aromatic heterocycles. The van der Waals surface area contributed by atoms with E-state index in [-0.39, 0.29) is 6.61 Å². The second-order valence-electron chi connectivity index (χ2n) is 1.79. The van der Waals surface area contributed by atoms with E-state index in [1.54, 1.807) is 0 Å². The van der Waals surface area contributed by atoms with Gasteiger partial charge >= 0.3 is 5.97 Å². The van der Waals surface area contributed by atoms with Crippen LogP contribution in [0.1, 0.15) is 6.92 Å². The lowest BCUT2D eigenvalue weighted by molar-refractivity contribution is -0.143. The number of rotatable bonds is 4. The van der Waals surface area contributed by atoms with Crippen LogP contribution in [0.3, 0.4) is 0 Å². The Hall–Kier alpha value is -0.610. The van der Waals surface area contributed by atoms with E-state index in [9.17, 15) is 4.79 Å². The van der Waals surface area contributed by atoms with Gasteiger partial charge in [-0.05, 0) is 6.92 Å². The van der Waals surface area contributed by atoms with Crippen molar-refractivity contribution >= 4 is 5.97 Å². The first-order valence-corrected chi connectivity index (χ1v) is 3.13. The summed E-state index contributed by atoms with van der Waals surface area (Å²) in [5, 5.41) is 0. The predicted molar refractivity (Wildman–Crippen MR) is 36.5 cm³/mol. The smallest absolute Gasteiger partial charge is 0.325 e. The molecule has 4 nitrogen and oxygen atoms in total. The van der Waals surface area contributed by atoms with E-state index < -0.39 is 12.0 Å². The van der Waals surface area contributed by atoms with E-state index in [1.165, 1.54) is 7.11 Å². The van der Waals surface area contributed by atoms with Gasteiger partial charge in [0.25, 0.3) is 0 Å². The Labute approximate surface area is 60.3 Å². The van der Waals surface area contributed by atoms with E-state index in [1.807, 2.05) is 6.92 Å². The van der Waals surface area contributed by atoms with Crippen LogP contribution >= 0.6 is 0 Å². The summed E-state index contributed by atoms with van der Waals surface area (Å²) in [4.78, 5) is 10.6. The lowest BCUT2D eigenvalue weighted by Crippen LogP contribution is -2.36. The summed E-state index contributed by atoms with van der Waals surface area (Å²) in [5.74, 6) is -0.437. The Morgan fingerprint density at radius 3 is 2.70 bits per heavy atom. The molecule has 0 aliphatic heterocycles. The Morgan fingerprint density at radius 1 is 1.70 bits per heavy atom. The zero-order valence-electron chi connectivity index (χ0n) is 6.29. The Morgan fingerprint density at radius 2 is 2.30 bits per heavy atom. The van der Waals surface area contributed by atoms with E-state index in [2.05, 4.69) is 4.74 Å². The van der Waals surface area contributed by atoms with Gasteiger partial charge in [0.15, 0.2) is 0 Å². The molecule has 1 atom stereocenters. The predicted octanol–water partition coefficient (Wildman–Crippen LogP) is -0.477. The van der Waals surface area contributed by atoms with E-state index in [0.717, 1.165) is 0 Å². The maximum Gasteiger partial charge on any atom is 0.325 e. The minimum absolute atomic E-state index is 0.225. The van der Waals surface area contributed by atoms with Crippen molar-refractivity contribution in [2.75, 3.05) is 20.3 Å². The summed E-state index contributed by atoms with van der Waals surface area (Å²) >= 11 is 0. The zero-order chi connectivity index (χ0) is 7.98. The van der Waals surface area contributed by atoms with E-state index >= 15 is 0 Å². The molecular formula is C6H13NO3. The molecule has 2 N–H and O–H groups in total. The molecule has 10 heavy (non-hydrogen) atoms. The van der Waals surface area contributed by atoms with Crippen molar-refractivity contribution in [1.82, 2.24) is 0 Å². The number of hydrogen-bond acceptors (Lipinski definition) is 4. The van der Waals surface area contributed by atoms with Crippen molar-refractivity contribution in [3.63, 3.8) is 0 Å². The maximum absolute atomic E-state index is 10.6. The van der Waals surface area contributed by atoms with E-state index in [4.69, 9.17) is 10.5 Å². The van der Waals surface area contributed by atoms with E-state index in [0.29, 0.717) is 6.61 Å². The molecule has 0 rings (SSSR count). The molecule has 0 aromatic carbocycles. The quantitative estimate of drug-likeness (QED) is 0.546. The van der Waals surface area contributed by atoms with Gasteiger partial charge in [-0.3, -0.25) is 4.79 Å². The highest BCUT2D eigenvalue weighted by Crippen LogP contribution is 1.84. The first kappa shape index (κ1) is 9.39. The van der Waals surface area contributed by atoms with Crippen molar-refractivity contribution in [3.05, 3.63) is 0 Å². The highest BCUT2D eigenvalue weighted by molar-refractivity contribution is 5.75. The molecule has 0 aliphatic rings. The Balaban J connectivity index is 3.41. The highest BCUT2D eigenvalue weighted by atomic mass is 16.5. The van der Waals surface area contributed by atoms with Crippen LogP contribution in [0.15, 0.2) is 0 Å². The van der Waals surface area contributed by atoms with Gasteiger partial charge in [0, 0.05) is 6.61 Å². The van der Waals surface area contributed by atoms with Gasteiger partial charge in [0.2, 0.25) is 0 Å². The van der Waals surface area contributed by atoms with Crippen LogP contribution in [0.5, 0.6) is 0 Å². The second kappa shape index (κ2) is 5.20. The fraction of sp³-hybridized carbons (Fsp3) is 0.833. The Bertz CT molecular complexity index is 105. The lowest BCUT2D eigenvalue weighted by Gasteiger charge is -2.07. The molecule has 0 saturated carbocycles. The number of methoxy groups -OCH3 is 1. The molecule has 0 heterocycles. The minimum Gasteiger partial charge on any atom is -0.468 e. The van der Waals surface area contributed by atoms with Crippen molar-refractivity contribution in [2.24, 2.45) is 5.73 Å². The van der Waals surface area contributed by atoms with Crippen LogP contribution in [0.4, 0.5) is 0 Å². The van der Waals surface area contributed by atoms with Crippen molar-refractivity contribution < 1.29 is 14.3 Å². The third kappa shape index (κ3) is 3.42. The molecule has 0 aliphatic carbocycles. The summed E-state index contributed by atoms with van der Waals surface area (Å²) in [6.07, 6.45) is 0. The number of carbonyl (C=O) groups is 1. The summed E-state index contributed by atoms with van der Waals surface area (Å²) in [7, 11) is 1.30. The molecule has 1 unspecified atom stereocenters. The monoisotopic (exact) mass is 147 g/mol. The SMILES string of the molecule is CCOCC(N)C(=O)OC. The molecule has 0 spiro atoms. The zero-order valence-corrected chi connectivity index (χ0v) is 6.29. The van der Waals surface area contributed by atoms with Crippen LogP contribution in [0, 0.1) is 0 Å². The van der Waals surface area contributed by atoms with Crippen LogP contribution in [0.25, 0.3) is 0 Å². The van der Waals surface area contributed by atoms with Gasteiger partial charge < -0.3 is 15.2 Å². The lowest BCUT2D eigenvalue weighted by atomic mass is 10.3. The largest absolute Gasteiger partial charge is 0.468 e. The number of nitrogens with two attached hydrogens (primary N) is 1. The molecular weight excluding hydrogens is 134 g/mol. The average molecular weight is 147 g/mol. The number of carbonyl (C=O) groups excluding carboxylic acids is 1. The van der Waals surface area contributed by atoms with Gasteiger partial charge in [0.05, 0.1) is 13.7 Å². The van der Waals surface area contributed by atoms with Crippen molar-refractivity contribution in [1.29, 1.82) is 0 Å². The first-order chi connectivity index (χ1) is 4.72. The Kier molecular flexibility index (Phi) is 4.88. The van der Waals surface area contributed by atoms with Crippen LogP contribution < -0.4 is 5.73 Å². The van der Waals surface area contributed by atoms with Crippen LogP contribution in [0.2, 0.25) is 0 Å². The van der Waals surface area contributed by atoms with Gasteiger partial charge in [-0.15, -0.1) is 0 Å². The highest BCUT2D eigenvalue weighted by Gasteiger charge is 2.12. The number of ether oxygens (including phenoxy) is 2. The third-order valence-electron chi connectivity index (χ3n) is 1.01. The molecule has 0 aromatic rings. The van der Waals surface area contributed by atoms with Crippen LogP contribution in [-0.4, -0.2) is 32.3 Å². The minimum atomic E-state index is -0.648. The molecule has 4 heteroatoms. The summed E-state index contributed by atoms with van der Waals surface area (Å²) in [6.45, 7) is 2.62. The molecule has 0 amide bonds. The van der Waals surface area contributed by atoms with Gasteiger partial charge in [-0.1, -0.05) is 0 Å². The van der Waals surface area contributed by atoms with Gasteiger partial charge in [-0.2, -0.15) is 0 Å². The maximum atomic E-state index is 10.6. The molecule has 60 valence electrons. The van der Waals surface area contributed by atoms with Crippen LogP contribution in [-0.2, 0) is 14.3 Å². The van der Waals surface area contributed by atoms with Gasteiger partial charge in [0.1, 0.15) is 6.04 Å². The number of esters is 1. The first-order valence-electron chi connectivity index (χ1n) is 3.13. The summed E-state index contributed by atoms with van der Waals surface area (Å²) < 4.78 is 9.26. The molecule has 0 fully saturated rings.